The molecule has 2 aromatic heterocycles. The number of carbonyl (C=O) groups is 1. The third-order valence-corrected chi connectivity index (χ3v) is 3.68. The molecule has 120 valence electrons. The lowest BCUT2D eigenvalue weighted by molar-refractivity contribution is 0.118. The zero-order chi connectivity index (χ0) is 16.7. The van der Waals surface area contributed by atoms with Crippen LogP contribution in [0.2, 0.25) is 0 Å². The van der Waals surface area contributed by atoms with Crippen LogP contribution >= 0.6 is 0 Å². The Kier molecular flexibility index (Phi) is 3.30. The Balaban J connectivity index is 1.95. The highest BCUT2D eigenvalue weighted by atomic mass is 16.6. The van der Waals surface area contributed by atoms with Gasteiger partial charge in [-0.3, -0.25) is 0 Å². The Morgan fingerprint density at radius 1 is 1.04 bits per heavy atom. The number of hydrogen-bond donors (Lipinski definition) is 1. The van der Waals surface area contributed by atoms with Crippen molar-refractivity contribution in [2.24, 2.45) is 0 Å². The standard InChI is InChI=1S/C18H16N4O2/c1-11(2)24-18(23)22-15-10-6-5-9-14(15)21-17(22)16-19-12-7-3-4-8-13(12)20-16/h3-11H,1-2H3,(H,19,20). The third-order valence-electron chi connectivity index (χ3n) is 3.68. The molecule has 0 aliphatic rings. The van der Waals surface area contributed by atoms with Crippen molar-refractivity contribution in [2.75, 3.05) is 0 Å². The van der Waals surface area contributed by atoms with Gasteiger partial charge in [0.1, 0.15) is 0 Å². The molecule has 0 spiro atoms. The van der Waals surface area contributed by atoms with E-state index in [0.29, 0.717) is 22.7 Å². The summed E-state index contributed by atoms with van der Waals surface area (Å²) in [5.74, 6) is 0.978. The lowest BCUT2D eigenvalue weighted by Gasteiger charge is -2.10. The van der Waals surface area contributed by atoms with E-state index in [2.05, 4.69) is 15.0 Å². The summed E-state index contributed by atoms with van der Waals surface area (Å²) in [6.45, 7) is 3.63. The highest BCUT2D eigenvalue weighted by Gasteiger charge is 2.22. The van der Waals surface area contributed by atoms with Crippen LogP contribution in [0.1, 0.15) is 13.8 Å². The molecule has 0 aliphatic carbocycles. The van der Waals surface area contributed by atoms with E-state index in [4.69, 9.17) is 4.74 Å². The monoisotopic (exact) mass is 320 g/mol. The van der Waals surface area contributed by atoms with Gasteiger partial charge in [-0.15, -0.1) is 0 Å². The molecular weight excluding hydrogens is 304 g/mol. The summed E-state index contributed by atoms with van der Waals surface area (Å²) in [5, 5.41) is 0. The third kappa shape index (κ3) is 2.32. The minimum absolute atomic E-state index is 0.220. The Labute approximate surface area is 138 Å². The highest BCUT2D eigenvalue weighted by Crippen LogP contribution is 2.25. The number of H-pyrrole nitrogens is 1. The van der Waals surface area contributed by atoms with Crippen molar-refractivity contribution in [1.29, 1.82) is 0 Å². The fourth-order valence-electron chi connectivity index (χ4n) is 2.68. The molecular formula is C18H16N4O2. The molecule has 6 heteroatoms. The first kappa shape index (κ1) is 14.4. The zero-order valence-electron chi connectivity index (χ0n) is 13.4. The van der Waals surface area contributed by atoms with Crippen LogP contribution in [-0.2, 0) is 4.74 Å². The van der Waals surface area contributed by atoms with Gasteiger partial charge in [-0.05, 0) is 38.1 Å². The van der Waals surface area contributed by atoms with Crippen molar-refractivity contribution in [1.82, 2.24) is 19.5 Å². The minimum atomic E-state index is -0.464. The Morgan fingerprint density at radius 2 is 1.75 bits per heavy atom. The van der Waals surface area contributed by atoms with Gasteiger partial charge in [-0.2, -0.15) is 0 Å². The summed E-state index contributed by atoms with van der Waals surface area (Å²) in [4.78, 5) is 24.9. The van der Waals surface area contributed by atoms with E-state index < -0.39 is 6.09 Å². The number of para-hydroxylation sites is 4. The molecule has 24 heavy (non-hydrogen) atoms. The molecule has 4 aromatic rings. The first-order valence-corrected chi connectivity index (χ1v) is 7.77. The molecule has 0 radical (unpaired) electrons. The molecule has 1 N–H and O–H groups in total. The Hall–Kier alpha value is -3.15. The van der Waals surface area contributed by atoms with Crippen LogP contribution in [0.3, 0.4) is 0 Å². The van der Waals surface area contributed by atoms with Gasteiger partial charge < -0.3 is 9.72 Å². The predicted octanol–water partition coefficient (Wildman–Crippen LogP) is 3.97. The largest absolute Gasteiger partial charge is 0.446 e. The maximum atomic E-state index is 12.6. The molecule has 0 unspecified atom stereocenters. The first-order chi connectivity index (χ1) is 11.6. The molecule has 0 atom stereocenters. The number of ether oxygens (including phenoxy) is 1. The number of benzene rings is 2. The minimum Gasteiger partial charge on any atom is -0.446 e. The van der Waals surface area contributed by atoms with E-state index in [1.165, 1.54) is 4.57 Å². The molecule has 0 saturated heterocycles. The number of nitrogens with zero attached hydrogens (tertiary/aromatic N) is 3. The summed E-state index contributed by atoms with van der Waals surface area (Å²) in [6, 6.07) is 15.2. The van der Waals surface area contributed by atoms with Crippen LogP contribution in [0.15, 0.2) is 48.5 Å². The molecule has 0 bridgehead atoms. The second kappa shape index (κ2) is 5.49. The zero-order valence-corrected chi connectivity index (χ0v) is 13.4. The van der Waals surface area contributed by atoms with Gasteiger partial charge in [0.15, 0.2) is 11.6 Å². The van der Waals surface area contributed by atoms with Gasteiger partial charge in [0, 0.05) is 0 Å². The van der Waals surface area contributed by atoms with E-state index in [1.54, 1.807) is 0 Å². The van der Waals surface area contributed by atoms with Gasteiger partial charge in [0.2, 0.25) is 0 Å². The Bertz CT molecular complexity index is 1010. The van der Waals surface area contributed by atoms with Crippen LogP contribution in [0.5, 0.6) is 0 Å². The highest BCUT2D eigenvalue weighted by molar-refractivity contribution is 5.92. The number of hydrogen-bond acceptors (Lipinski definition) is 4. The quantitative estimate of drug-likeness (QED) is 0.606. The van der Waals surface area contributed by atoms with Crippen molar-refractivity contribution in [3.8, 4) is 11.6 Å². The molecule has 0 amide bonds. The van der Waals surface area contributed by atoms with Gasteiger partial charge in [0.05, 0.1) is 28.2 Å². The van der Waals surface area contributed by atoms with Crippen LogP contribution in [0.4, 0.5) is 4.79 Å². The molecule has 0 aliphatic heterocycles. The van der Waals surface area contributed by atoms with Crippen molar-refractivity contribution < 1.29 is 9.53 Å². The molecule has 2 heterocycles. The van der Waals surface area contributed by atoms with Crippen LogP contribution in [0.25, 0.3) is 33.7 Å². The number of imidazole rings is 2. The maximum Gasteiger partial charge on any atom is 0.420 e. The van der Waals surface area contributed by atoms with Gasteiger partial charge >= 0.3 is 6.09 Å². The van der Waals surface area contributed by atoms with E-state index in [1.807, 2.05) is 62.4 Å². The lowest BCUT2D eigenvalue weighted by Crippen LogP contribution is -2.19. The summed E-state index contributed by atoms with van der Waals surface area (Å²) in [5.41, 5.74) is 3.12. The van der Waals surface area contributed by atoms with E-state index >= 15 is 0 Å². The van der Waals surface area contributed by atoms with Crippen LogP contribution in [0, 0.1) is 0 Å². The summed E-state index contributed by atoms with van der Waals surface area (Å²) in [6.07, 6.45) is -0.684. The van der Waals surface area contributed by atoms with Crippen LogP contribution in [-0.4, -0.2) is 31.7 Å². The number of rotatable bonds is 2. The predicted molar refractivity (Wildman–Crippen MR) is 91.8 cm³/mol. The smallest absolute Gasteiger partial charge is 0.420 e. The first-order valence-electron chi connectivity index (χ1n) is 7.77. The summed E-state index contributed by atoms with van der Waals surface area (Å²) in [7, 11) is 0. The van der Waals surface area contributed by atoms with Crippen molar-refractivity contribution >= 4 is 28.2 Å². The maximum absolute atomic E-state index is 12.6. The number of fused-ring (bicyclic) bond motifs is 2. The average Bonchev–Trinajstić information content (AvgIpc) is 3.15. The second-order valence-electron chi connectivity index (χ2n) is 5.79. The number of aromatic nitrogens is 4. The van der Waals surface area contributed by atoms with Gasteiger partial charge in [0.25, 0.3) is 0 Å². The summed E-state index contributed by atoms with van der Waals surface area (Å²) >= 11 is 0. The molecule has 2 aromatic carbocycles. The number of aromatic amines is 1. The fourth-order valence-corrected chi connectivity index (χ4v) is 2.68. The van der Waals surface area contributed by atoms with Crippen molar-refractivity contribution in [3.63, 3.8) is 0 Å². The summed E-state index contributed by atoms with van der Waals surface area (Å²) < 4.78 is 6.85. The van der Waals surface area contributed by atoms with E-state index in [-0.39, 0.29) is 6.10 Å². The molecule has 4 rings (SSSR count). The Morgan fingerprint density at radius 3 is 2.50 bits per heavy atom. The molecule has 0 saturated carbocycles. The average molecular weight is 320 g/mol. The van der Waals surface area contributed by atoms with Gasteiger partial charge in [-0.25, -0.2) is 19.3 Å². The second-order valence-corrected chi connectivity index (χ2v) is 5.79. The fraction of sp³-hybridized carbons (Fsp3) is 0.167. The van der Waals surface area contributed by atoms with E-state index in [9.17, 15) is 4.79 Å². The van der Waals surface area contributed by atoms with E-state index in [0.717, 1.165) is 11.0 Å². The lowest BCUT2D eigenvalue weighted by atomic mass is 10.3. The number of nitrogens with one attached hydrogen (secondary N) is 1. The SMILES string of the molecule is CC(C)OC(=O)n1c(-c2nc3ccccc3[nH]2)nc2ccccc21. The molecule has 6 nitrogen and oxygen atoms in total. The topological polar surface area (TPSA) is 72.8 Å². The van der Waals surface area contributed by atoms with Crippen LogP contribution < -0.4 is 0 Å². The number of carbonyl (C=O) groups excluding carboxylic acids is 1. The normalized spacial score (nSPS) is 11.5. The van der Waals surface area contributed by atoms with Crippen molar-refractivity contribution in [3.05, 3.63) is 48.5 Å². The van der Waals surface area contributed by atoms with Gasteiger partial charge in [-0.1, -0.05) is 24.3 Å². The van der Waals surface area contributed by atoms with Crippen molar-refractivity contribution in [2.45, 2.75) is 20.0 Å². The molecule has 0 fully saturated rings.